The van der Waals surface area contributed by atoms with Crippen molar-refractivity contribution in [2.45, 2.75) is 6.42 Å². The zero-order chi connectivity index (χ0) is 36.3. The average molecular weight is 671 g/mol. The average Bonchev–Trinajstić information content (AvgIpc) is 3.10. The lowest BCUT2D eigenvalue weighted by Crippen LogP contribution is -2.47. The third-order valence-electron chi connectivity index (χ3n) is 6.80. The molecular formula is C33H50N8O7. The van der Waals surface area contributed by atoms with E-state index in [1.54, 1.807) is 0 Å². The van der Waals surface area contributed by atoms with Crippen molar-refractivity contribution >= 4 is 41.4 Å². The van der Waals surface area contributed by atoms with Crippen molar-refractivity contribution in [2.24, 2.45) is 0 Å². The molecule has 15 nitrogen and oxygen atoms in total. The minimum absolute atomic E-state index is 0.0421. The Hall–Kier alpha value is -5.31. The second-order valence-corrected chi connectivity index (χ2v) is 10.0. The minimum Gasteiger partial charge on any atom is -0.351 e. The van der Waals surface area contributed by atoms with Gasteiger partial charge in [0.2, 0.25) is 41.4 Å². The summed E-state index contributed by atoms with van der Waals surface area (Å²) in [6.45, 7) is 23.4. The fourth-order valence-electron chi connectivity index (χ4n) is 4.10. The maximum atomic E-state index is 13.5. The van der Waals surface area contributed by atoms with Gasteiger partial charge in [0.25, 0.3) is 0 Å². The lowest BCUT2D eigenvalue weighted by Gasteiger charge is -2.30. The molecule has 4 N–H and O–H groups in total. The van der Waals surface area contributed by atoms with Crippen LogP contribution in [0.1, 0.15) is 6.42 Å². The van der Waals surface area contributed by atoms with Crippen LogP contribution in [0.5, 0.6) is 0 Å². The van der Waals surface area contributed by atoms with Crippen LogP contribution in [0, 0.1) is 0 Å². The second-order valence-electron chi connectivity index (χ2n) is 10.0. The van der Waals surface area contributed by atoms with Crippen molar-refractivity contribution in [3.63, 3.8) is 0 Å². The van der Waals surface area contributed by atoms with Gasteiger partial charge in [-0.15, -0.1) is 0 Å². The van der Waals surface area contributed by atoms with Crippen LogP contribution < -0.4 is 21.3 Å². The number of nitrogens with one attached hydrogen (secondary N) is 4. The Labute approximate surface area is 283 Å². The van der Waals surface area contributed by atoms with E-state index in [0.717, 1.165) is 30.4 Å². The monoisotopic (exact) mass is 670 g/mol. The molecule has 0 spiro atoms. The van der Waals surface area contributed by atoms with Gasteiger partial charge in [-0.1, -0.05) is 39.5 Å². The molecule has 0 aliphatic heterocycles. The van der Waals surface area contributed by atoms with Crippen LogP contribution >= 0.6 is 0 Å². The van der Waals surface area contributed by atoms with Gasteiger partial charge in [-0.25, -0.2) is 0 Å². The van der Waals surface area contributed by atoms with E-state index in [9.17, 15) is 33.6 Å². The smallest absolute Gasteiger partial charge is 0.246 e. The Balaban J connectivity index is 5.71. The minimum atomic E-state index is -0.403. The molecule has 0 fully saturated rings. The van der Waals surface area contributed by atoms with E-state index in [-0.39, 0.29) is 114 Å². The highest BCUT2D eigenvalue weighted by molar-refractivity contribution is 5.89. The first kappa shape index (κ1) is 42.7. The summed E-state index contributed by atoms with van der Waals surface area (Å²) in [5, 5.41) is 10.6. The molecule has 0 saturated heterocycles. The van der Waals surface area contributed by atoms with Crippen LogP contribution in [0.15, 0.2) is 75.9 Å². The van der Waals surface area contributed by atoms with E-state index in [1.165, 1.54) is 20.8 Å². The van der Waals surface area contributed by atoms with Crippen molar-refractivity contribution in [1.29, 1.82) is 0 Å². The first-order chi connectivity index (χ1) is 22.9. The van der Waals surface area contributed by atoms with Gasteiger partial charge in [0.05, 0.1) is 0 Å². The summed E-state index contributed by atoms with van der Waals surface area (Å²) < 4.78 is 0. The highest BCUT2D eigenvalue weighted by Gasteiger charge is 2.20. The molecule has 0 rings (SSSR count). The van der Waals surface area contributed by atoms with E-state index < -0.39 is 5.91 Å². The van der Waals surface area contributed by atoms with Gasteiger partial charge in [0.1, 0.15) is 0 Å². The van der Waals surface area contributed by atoms with E-state index in [0.29, 0.717) is 13.1 Å². The highest BCUT2D eigenvalue weighted by Crippen LogP contribution is 2.02. The van der Waals surface area contributed by atoms with Crippen molar-refractivity contribution in [3.8, 4) is 0 Å². The molecule has 0 saturated carbocycles. The fraction of sp³-hybridized carbons (Fsp3) is 0.424. The van der Waals surface area contributed by atoms with Crippen LogP contribution in [0.3, 0.4) is 0 Å². The topological polar surface area (TPSA) is 181 Å². The maximum Gasteiger partial charge on any atom is 0.246 e. The normalized spacial score (nSPS) is 10.0. The molecule has 264 valence electrons. The third kappa shape index (κ3) is 19.3. The quantitative estimate of drug-likeness (QED) is 0.0783. The summed E-state index contributed by atoms with van der Waals surface area (Å²) in [5.41, 5.74) is 0. The van der Waals surface area contributed by atoms with Crippen molar-refractivity contribution in [2.75, 3.05) is 85.1 Å². The molecule has 0 unspecified atom stereocenters. The predicted octanol–water partition coefficient (Wildman–Crippen LogP) is -1.25. The Morgan fingerprint density at radius 3 is 1.10 bits per heavy atom. The zero-order valence-electron chi connectivity index (χ0n) is 27.8. The van der Waals surface area contributed by atoms with E-state index in [1.807, 2.05) is 4.90 Å². The molecule has 15 heteroatoms. The predicted molar refractivity (Wildman–Crippen MR) is 184 cm³/mol. The Kier molecular flexibility index (Phi) is 23.0. The van der Waals surface area contributed by atoms with Crippen LogP contribution in [-0.4, -0.2) is 146 Å². The first-order valence-electron chi connectivity index (χ1n) is 15.4. The summed E-state index contributed by atoms with van der Waals surface area (Å²) in [5.74, 6) is -2.51. The summed E-state index contributed by atoms with van der Waals surface area (Å²) in [4.78, 5) is 91.3. The number of hydrogen-bond donors (Lipinski definition) is 4. The van der Waals surface area contributed by atoms with Gasteiger partial charge in [0, 0.05) is 91.5 Å². The number of carbonyl (C=O) groups excluding carboxylic acids is 7. The number of rotatable bonds is 27. The standard InChI is InChI=1S/C33H50N8O7/c1-7-27(42)34-14-19-38(23-24-39(31(46)11-5)20-15-35-28(43)8-2)18-13-33(48)41(22-17-37-30(45)10-4)26-25-40(32(47)12-6)21-16-36-29(44)9-3/h7-12H,1-6,13-26H2,(H,34,42)(H,35,43)(H,36,44)(H,37,45). The summed E-state index contributed by atoms with van der Waals surface area (Å²) in [7, 11) is 0. The lowest BCUT2D eigenvalue weighted by atomic mass is 10.3. The van der Waals surface area contributed by atoms with Gasteiger partial charge < -0.3 is 36.0 Å². The van der Waals surface area contributed by atoms with Crippen LogP contribution in [-0.2, 0) is 33.6 Å². The third-order valence-corrected chi connectivity index (χ3v) is 6.80. The SMILES string of the molecule is C=CC(=O)NCCN(CCC(=O)N(CCNC(=O)C=C)CCN(CCNC(=O)C=C)C(=O)C=C)CCN(CCNC(=O)C=C)C(=O)C=C. The van der Waals surface area contributed by atoms with E-state index in [4.69, 9.17) is 0 Å². The molecule has 0 atom stereocenters. The van der Waals surface area contributed by atoms with Crippen molar-refractivity contribution in [1.82, 2.24) is 40.9 Å². The molecule has 0 aliphatic carbocycles. The molecule has 48 heavy (non-hydrogen) atoms. The van der Waals surface area contributed by atoms with Crippen molar-refractivity contribution < 1.29 is 33.6 Å². The van der Waals surface area contributed by atoms with E-state index >= 15 is 0 Å². The van der Waals surface area contributed by atoms with Crippen LogP contribution in [0.4, 0.5) is 0 Å². The molecule has 0 aliphatic rings. The molecular weight excluding hydrogens is 620 g/mol. The Morgan fingerprint density at radius 2 is 0.729 bits per heavy atom. The molecule has 0 heterocycles. The van der Waals surface area contributed by atoms with Gasteiger partial charge >= 0.3 is 0 Å². The number of amides is 7. The molecule has 0 aromatic carbocycles. The Morgan fingerprint density at radius 1 is 0.396 bits per heavy atom. The van der Waals surface area contributed by atoms with Gasteiger partial charge in [-0.3, -0.25) is 38.5 Å². The maximum absolute atomic E-state index is 13.5. The molecule has 0 radical (unpaired) electrons. The van der Waals surface area contributed by atoms with Gasteiger partial charge in [0.15, 0.2) is 0 Å². The van der Waals surface area contributed by atoms with Gasteiger partial charge in [-0.2, -0.15) is 0 Å². The summed E-state index contributed by atoms with van der Waals surface area (Å²) in [6.07, 6.45) is 6.86. The number of hydrogen-bond acceptors (Lipinski definition) is 8. The second kappa shape index (κ2) is 25.8. The first-order valence-corrected chi connectivity index (χ1v) is 15.4. The number of carbonyl (C=O) groups is 7. The summed E-state index contributed by atoms with van der Waals surface area (Å²) >= 11 is 0. The lowest BCUT2D eigenvalue weighted by molar-refractivity contribution is -0.134. The fourth-order valence-corrected chi connectivity index (χ4v) is 4.10. The largest absolute Gasteiger partial charge is 0.351 e. The number of nitrogens with zero attached hydrogens (tertiary/aromatic N) is 4. The molecule has 0 aromatic rings. The molecule has 0 aromatic heterocycles. The summed E-state index contributed by atoms with van der Waals surface area (Å²) in [6, 6.07) is 0. The van der Waals surface area contributed by atoms with E-state index in [2.05, 4.69) is 60.7 Å². The van der Waals surface area contributed by atoms with Gasteiger partial charge in [-0.05, 0) is 36.5 Å². The Bertz CT molecular complexity index is 1190. The van der Waals surface area contributed by atoms with Crippen LogP contribution in [0.25, 0.3) is 0 Å². The molecule has 0 bridgehead atoms. The highest BCUT2D eigenvalue weighted by atomic mass is 16.2. The zero-order valence-corrected chi connectivity index (χ0v) is 27.8. The van der Waals surface area contributed by atoms with Crippen molar-refractivity contribution in [3.05, 3.63) is 75.9 Å². The molecule has 7 amide bonds. The van der Waals surface area contributed by atoms with Crippen LogP contribution in [0.2, 0.25) is 0 Å².